The van der Waals surface area contributed by atoms with Gasteiger partial charge in [0.05, 0.1) is 6.04 Å². The molecule has 1 heterocycles. The monoisotopic (exact) mass is 377 g/mol. The van der Waals surface area contributed by atoms with Crippen LogP contribution in [0.1, 0.15) is 22.7 Å². The average Bonchev–Trinajstić information content (AvgIpc) is 2.72. The molecule has 0 saturated carbocycles. The summed E-state index contributed by atoms with van der Waals surface area (Å²) in [4.78, 5) is 14.9. The van der Waals surface area contributed by atoms with Crippen LogP contribution in [0.3, 0.4) is 0 Å². The van der Waals surface area contributed by atoms with Gasteiger partial charge in [0.15, 0.2) is 6.61 Å². The maximum Gasteiger partial charge on any atom is 0.261 e. The zero-order valence-electron chi connectivity index (χ0n) is 14.8. The molecule has 1 atom stereocenters. The minimum absolute atomic E-state index is 0.0201. The van der Waals surface area contributed by atoms with Crippen molar-refractivity contribution in [3.05, 3.63) is 101 Å². The third kappa shape index (κ3) is 3.83. The van der Waals surface area contributed by atoms with Gasteiger partial charge in [0.2, 0.25) is 0 Å². The number of hydrogen-bond donors (Lipinski definition) is 0. The van der Waals surface area contributed by atoms with Crippen LogP contribution in [0.15, 0.2) is 78.9 Å². The Bertz CT molecular complexity index is 925. The molecule has 3 aromatic rings. The summed E-state index contributed by atoms with van der Waals surface area (Å²) in [6.07, 6.45) is 0.845. The molecule has 0 spiro atoms. The molecule has 0 N–H and O–H groups in total. The highest BCUT2D eigenvalue weighted by atomic mass is 35.5. The number of carbonyl (C=O) groups is 1. The van der Waals surface area contributed by atoms with Crippen LogP contribution in [0.5, 0.6) is 5.75 Å². The Hall–Kier alpha value is -2.78. The zero-order chi connectivity index (χ0) is 18.6. The molecule has 136 valence electrons. The van der Waals surface area contributed by atoms with E-state index in [-0.39, 0.29) is 18.6 Å². The van der Waals surface area contributed by atoms with Crippen LogP contribution >= 0.6 is 11.6 Å². The Morgan fingerprint density at radius 3 is 2.44 bits per heavy atom. The van der Waals surface area contributed by atoms with Gasteiger partial charge in [-0.15, -0.1) is 0 Å². The normalized spacial score (nSPS) is 15.9. The third-order valence-corrected chi connectivity index (χ3v) is 5.15. The van der Waals surface area contributed by atoms with Crippen LogP contribution in [-0.4, -0.2) is 24.0 Å². The first-order chi connectivity index (χ1) is 13.2. The van der Waals surface area contributed by atoms with Crippen molar-refractivity contribution in [1.82, 2.24) is 4.90 Å². The smallest absolute Gasteiger partial charge is 0.261 e. The molecular formula is C23H20ClNO2. The molecule has 0 saturated heterocycles. The van der Waals surface area contributed by atoms with Gasteiger partial charge in [0, 0.05) is 11.6 Å². The Kier molecular flexibility index (Phi) is 5.12. The number of benzene rings is 3. The van der Waals surface area contributed by atoms with Crippen molar-refractivity contribution in [1.29, 1.82) is 0 Å². The summed E-state index contributed by atoms with van der Waals surface area (Å²) in [6, 6.07) is 25.4. The summed E-state index contributed by atoms with van der Waals surface area (Å²) in [5.74, 6) is 0.680. The molecule has 0 aliphatic carbocycles. The molecule has 4 heteroatoms. The topological polar surface area (TPSA) is 29.5 Å². The third-order valence-electron chi connectivity index (χ3n) is 4.90. The van der Waals surface area contributed by atoms with Crippen molar-refractivity contribution in [3.8, 4) is 5.75 Å². The predicted octanol–water partition coefficient (Wildman–Crippen LogP) is 4.89. The number of nitrogens with zero attached hydrogens (tertiary/aromatic N) is 1. The first kappa shape index (κ1) is 17.6. The molecule has 1 aliphatic rings. The summed E-state index contributed by atoms with van der Waals surface area (Å²) in [7, 11) is 0. The Morgan fingerprint density at radius 2 is 1.67 bits per heavy atom. The van der Waals surface area contributed by atoms with Gasteiger partial charge in [0.25, 0.3) is 5.91 Å². The largest absolute Gasteiger partial charge is 0.484 e. The number of carbonyl (C=O) groups excluding carboxylic acids is 1. The first-order valence-corrected chi connectivity index (χ1v) is 9.41. The second-order valence-corrected chi connectivity index (χ2v) is 7.03. The summed E-state index contributed by atoms with van der Waals surface area (Å²) in [5.41, 5.74) is 3.50. The number of rotatable bonds is 4. The van der Waals surface area contributed by atoms with Crippen LogP contribution < -0.4 is 4.74 Å². The summed E-state index contributed by atoms with van der Waals surface area (Å²) < 4.78 is 5.70. The number of halogens is 1. The van der Waals surface area contributed by atoms with E-state index in [0.717, 1.165) is 12.0 Å². The van der Waals surface area contributed by atoms with E-state index >= 15 is 0 Å². The van der Waals surface area contributed by atoms with E-state index in [0.29, 0.717) is 17.3 Å². The second kappa shape index (κ2) is 7.85. The van der Waals surface area contributed by atoms with Gasteiger partial charge >= 0.3 is 0 Å². The summed E-state index contributed by atoms with van der Waals surface area (Å²) in [6.45, 7) is 0.692. The highest BCUT2D eigenvalue weighted by Crippen LogP contribution is 2.35. The molecule has 0 aromatic heterocycles. The fourth-order valence-electron chi connectivity index (χ4n) is 3.58. The molecule has 1 amide bonds. The molecule has 4 rings (SSSR count). The van der Waals surface area contributed by atoms with Gasteiger partial charge < -0.3 is 9.64 Å². The minimum atomic E-state index is -0.126. The molecular weight excluding hydrogens is 358 g/mol. The maximum absolute atomic E-state index is 13.0. The second-order valence-electron chi connectivity index (χ2n) is 6.59. The van der Waals surface area contributed by atoms with Crippen LogP contribution in [0.2, 0.25) is 5.02 Å². The maximum atomic E-state index is 13.0. The van der Waals surface area contributed by atoms with Crippen molar-refractivity contribution in [2.45, 2.75) is 12.5 Å². The van der Waals surface area contributed by atoms with E-state index < -0.39 is 0 Å². The van der Waals surface area contributed by atoms with E-state index in [1.54, 1.807) is 0 Å². The predicted molar refractivity (Wildman–Crippen MR) is 107 cm³/mol. The average molecular weight is 378 g/mol. The lowest BCUT2D eigenvalue weighted by atomic mass is 9.88. The molecule has 3 nitrogen and oxygen atoms in total. The first-order valence-electron chi connectivity index (χ1n) is 9.03. The molecule has 0 radical (unpaired) electrons. The van der Waals surface area contributed by atoms with E-state index in [1.807, 2.05) is 71.6 Å². The van der Waals surface area contributed by atoms with E-state index in [4.69, 9.17) is 16.3 Å². The minimum Gasteiger partial charge on any atom is -0.484 e. The number of para-hydroxylation sites is 1. The molecule has 27 heavy (non-hydrogen) atoms. The molecule has 3 aromatic carbocycles. The highest BCUT2D eigenvalue weighted by molar-refractivity contribution is 6.30. The number of ether oxygens (including phenoxy) is 1. The van der Waals surface area contributed by atoms with Crippen LogP contribution in [0.25, 0.3) is 0 Å². The quantitative estimate of drug-likeness (QED) is 0.647. The lowest BCUT2D eigenvalue weighted by Crippen LogP contribution is -2.42. The summed E-state index contributed by atoms with van der Waals surface area (Å²) in [5, 5.41) is 0.688. The number of amides is 1. The van der Waals surface area contributed by atoms with Crippen molar-refractivity contribution >= 4 is 17.5 Å². The van der Waals surface area contributed by atoms with Gasteiger partial charge in [0.1, 0.15) is 5.75 Å². The highest BCUT2D eigenvalue weighted by Gasteiger charge is 2.31. The van der Waals surface area contributed by atoms with Gasteiger partial charge in [-0.25, -0.2) is 0 Å². The molecule has 0 fully saturated rings. The van der Waals surface area contributed by atoms with E-state index in [1.165, 1.54) is 11.1 Å². The number of hydrogen-bond acceptors (Lipinski definition) is 2. The lowest BCUT2D eigenvalue weighted by Gasteiger charge is -2.37. The Balaban J connectivity index is 1.62. The van der Waals surface area contributed by atoms with Gasteiger partial charge in [-0.3, -0.25) is 4.79 Å². The van der Waals surface area contributed by atoms with Crippen LogP contribution in [-0.2, 0) is 11.2 Å². The molecule has 0 bridgehead atoms. The van der Waals surface area contributed by atoms with E-state index in [2.05, 4.69) is 12.1 Å². The summed E-state index contributed by atoms with van der Waals surface area (Å²) >= 11 is 6.07. The Morgan fingerprint density at radius 1 is 0.963 bits per heavy atom. The standard InChI is InChI=1S/C23H20ClNO2/c24-19-12-10-18(11-13-19)23-21-9-5-4-6-17(21)14-15-25(23)22(26)16-27-20-7-2-1-3-8-20/h1-13,23H,14-16H2/t23-/m0/s1. The Labute approximate surface area is 164 Å². The SMILES string of the molecule is O=C(COc1ccccc1)N1CCc2ccccc2[C@@H]1c1ccc(Cl)cc1. The molecule has 0 unspecified atom stereocenters. The zero-order valence-corrected chi connectivity index (χ0v) is 15.6. The van der Waals surface area contributed by atoms with Crippen LogP contribution in [0, 0.1) is 0 Å². The van der Waals surface area contributed by atoms with Crippen LogP contribution in [0.4, 0.5) is 0 Å². The fraction of sp³-hybridized carbons (Fsp3) is 0.174. The van der Waals surface area contributed by atoms with Gasteiger partial charge in [-0.05, 0) is 47.4 Å². The van der Waals surface area contributed by atoms with Crippen molar-refractivity contribution in [2.24, 2.45) is 0 Å². The van der Waals surface area contributed by atoms with Crippen molar-refractivity contribution < 1.29 is 9.53 Å². The lowest BCUT2D eigenvalue weighted by molar-refractivity contribution is -0.135. The van der Waals surface area contributed by atoms with Gasteiger partial charge in [-0.1, -0.05) is 66.2 Å². The fourth-order valence-corrected chi connectivity index (χ4v) is 3.71. The van der Waals surface area contributed by atoms with Crippen molar-refractivity contribution in [2.75, 3.05) is 13.2 Å². The van der Waals surface area contributed by atoms with Gasteiger partial charge in [-0.2, -0.15) is 0 Å². The molecule has 1 aliphatic heterocycles. The van der Waals surface area contributed by atoms with E-state index in [9.17, 15) is 4.79 Å². The van der Waals surface area contributed by atoms with Crippen molar-refractivity contribution in [3.63, 3.8) is 0 Å². The number of fused-ring (bicyclic) bond motifs is 1.